The zero-order valence-corrected chi connectivity index (χ0v) is 22.3. The quantitative estimate of drug-likeness (QED) is 0.220. The van der Waals surface area contributed by atoms with Crippen LogP contribution in [0.25, 0.3) is 0 Å². The number of hydrogen-bond donors (Lipinski definition) is 3. The van der Waals surface area contributed by atoms with E-state index in [1.165, 1.54) is 0 Å². The van der Waals surface area contributed by atoms with E-state index in [1.807, 2.05) is 50.3 Å². The van der Waals surface area contributed by atoms with E-state index in [-0.39, 0.29) is 29.5 Å². The number of alkyl halides is 1. The van der Waals surface area contributed by atoms with Crippen LogP contribution < -0.4 is 0 Å². The number of benzene rings is 1. The van der Waals surface area contributed by atoms with Crippen LogP contribution in [0.5, 0.6) is 0 Å². The first kappa shape index (κ1) is 28.3. The molecule has 0 fully saturated rings. The maximum absolute atomic E-state index is 11.2. The highest BCUT2D eigenvalue weighted by Gasteiger charge is 2.30. The number of aliphatic hydroxyl groups is 1. The number of carbonyl (C=O) groups is 1. The summed E-state index contributed by atoms with van der Waals surface area (Å²) in [6.07, 6.45) is 14.5. The van der Waals surface area contributed by atoms with Gasteiger partial charge in [-0.1, -0.05) is 79.6 Å². The molecule has 3 N–H and O–H groups in total. The topological polar surface area (TPSA) is 90.6 Å². The monoisotopic (exact) mass is 549 g/mol. The Balaban J connectivity index is 1.68. The SMILES string of the molecule is CC(C)C(O)C(COC1=CC(Cl)C(/C=C/C2=CC(C(=O)O)CC=C2)C=C1)C(=N)c1c(Cl)cccc1Cl. The molecule has 0 amide bonds. The molecule has 36 heavy (non-hydrogen) atoms. The predicted octanol–water partition coefficient (Wildman–Crippen LogP) is 6.83. The molecule has 5 atom stereocenters. The van der Waals surface area contributed by atoms with E-state index in [0.29, 0.717) is 27.8 Å². The van der Waals surface area contributed by atoms with Crippen molar-refractivity contribution in [3.63, 3.8) is 0 Å². The minimum Gasteiger partial charge on any atom is -0.493 e. The van der Waals surface area contributed by atoms with Gasteiger partial charge in [-0.05, 0) is 42.2 Å². The molecule has 192 valence electrons. The van der Waals surface area contributed by atoms with Gasteiger partial charge >= 0.3 is 5.97 Å². The molecule has 0 bridgehead atoms. The normalized spacial score (nSPS) is 23.4. The molecule has 0 saturated heterocycles. The summed E-state index contributed by atoms with van der Waals surface area (Å²) >= 11 is 19.2. The van der Waals surface area contributed by atoms with E-state index in [1.54, 1.807) is 30.4 Å². The maximum Gasteiger partial charge on any atom is 0.310 e. The van der Waals surface area contributed by atoms with E-state index in [2.05, 4.69) is 0 Å². The number of carboxylic acids is 1. The lowest BCUT2D eigenvalue weighted by atomic mass is 9.86. The zero-order chi connectivity index (χ0) is 26.4. The summed E-state index contributed by atoms with van der Waals surface area (Å²) in [7, 11) is 0. The summed E-state index contributed by atoms with van der Waals surface area (Å²) in [5.74, 6) is -1.69. The average Bonchev–Trinajstić information content (AvgIpc) is 2.83. The van der Waals surface area contributed by atoms with E-state index in [4.69, 9.17) is 44.9 Å². The Kier molecular flexibility index (Phi) is 10.0. The first-order chi connectivity index (χ1) is 17.1. The molecule has 1 aromatic rings. The third kappa shape index (κ3) is 7.13. The van der Waals surface area contributed by atoms with Gasteiger partial charge in [0, 0.05) is 11.5 Å². The minimum absolute atomic E-state index is 0.0499. The maximum atomic E-state index is 11.2. The van der Waals surface area contributed by atoms with Crippen molar-refractivity contribution < 1.29 is 19.7 Å². The van der Waals surface area contributed by atoms with Gasteiger partial charge in [0.05, 0.1) is 45.7 Å². The summed E-state index contributed by atoms with van der Waals surface area (Å²) < 4.78 is 5.98. The zero-order valence-electron chi connectivity index (χ0n) is 20.1. The van der Waals surface area contributed by atoms with Crippen LogP contribution >= 0.6 is 34.8 Å². The highest BCUT2D eigenvalue weighted by atomic mass is 35.5. The van der Waals surface area contributed by atoms with Crippen molar-refractivity contribution >= 4 is 46.5 Å². The van der Waals surface area contributed by atoms with Crippen molar-refractivity contribution in [1.29, 1.82) is 5.41 Å². The second-order valence-electron chi connectivity index (χ2n) is 9.22. The fourth-order valence-corrected chi connectivity index (χ4v) is 4.95. The number of halogens is 3. The van der Waals surface area contributed by atoms with E-state index >= 15 is 0 Å². The molecule has 0 heterocycles. The van der Waals surface area contributed by atoms with Gasteiger partial charge < -0.3 is 20.4 Å². The van der Waals surface area contributed by atoms with Crippen LogP contribution in [-0.4, -0.2) is 40.0 Å². The highest BCUT2D eigenvalue weighted by Crippen LogP contribution is 2.31. The Labute approximate surface area is 226 Å². The molecule has 0 aromatic heterocycles. The second kappa shape index (κ2) is 12.8. The molecule has 5 unspecified atom stereocenters. The van der Waals surface area contributed by atoms with Crippen LogP contribution in [0, 0.1) is 29.1 Å². The van der Waals surface area contributed by atoms with Crippen molar-refractivity contribution in [2.24, 2.45) is 23.7 Å². The number of aliphatic carboxylic acids is 1. The number of allylic oxidation sites excluding steroid dienone is 8. The smallest absolute Gasteiger partial charge is 0.310 e. The first-order valence-corrected chi connectivity index (χ1v) is 12.9. The Morgan fingerprint density at radius 3 is 2.53 bits per heavy atom. The number of aliphatic hydroxyl groups excluding tert-OH is 1. The lowest BCUT2D eigenvalue weighted by molar-refractivity contribution is -0.140. The summed E-state index contributed by atoms with van der Waals surface area (Å²) in [5, 5.41) is 29.1. The Bertz CT molecular complexity index is 1120. The van der Waals surface area contributed by atoms with Crippen molar-refractivity contribution in [2.45, 2.75) is 31.7 Å². The summed E-state index contributed by atoms with van der Waals surface area (Å²) in [5.41, 5.74) is 1.34. The van der Waals surface area contributed by atoms with Gasteiger partial charge in [-0.3, -0.25) is 4.79 Å². The lowest BCUT2D eigenvalue weighted by Crippen LogP contribution is -2.36. The highest BCUT2D eigenvalue weighted by molar-refractivity contribution is 6.40. The average molecular weight is 551 g/mol. The molecule has 3 rings (SSSR count). The number of carboxylic acid groups (broad SMARTS) is 1. The van der Waals surface area contributed by atoms with E-state index < -0.39 is 23.9 Å². The third-order valence-corrected chi connectivity index (χ3v) is 7.27. The van der Waals surface area contributed by atoms with E-state index in [9.17, 15) is 15.0 Å². The molecular weight excluding hydrogens is 521 g/mol. The van der Waals surface area contributed by atoms with E-state index in [0.717, 1.165) is 5.57 Å². The summed E-state index contributed by atoms with van der Waals surface area (Å²) in [4.78, 5) is 11.2. The van der Waals surface area contributed by atoms with Gasteiger partial charge in [-0.2, -0.15) is 0 Å². The molecule has 2 aliphatic carbocycles. The van der Waals surface area contributed by atoms with Crippen molar-refractivity contribution in [1.82, 2.24) is 0 Å². The molecule has 0 saturated carbocycles. The molecule has 0 spiro atoms. The van der Waals surface area contributed by atoms with Crippen LogP contribution in [0.15, 0.2) is 78.1 Å². The Hall–Kier alpha value is -2.31. The molecule has 8 heteroatoms. The number of ether oxygens (including phenoxy) is 1. The van der Waals surface area contributed by atoms with Crippen molar-refractivity contribution in [2.75, 3.05) is 6.61 Å². The first-order valence-electron chi connectivity index (χ1n) is 11.8. The van der Waals surface area contributed by atoms with Crippen molar-refractivity contribution in [3.05, 3.63) is 93.7 Å². The van der Waals surface area contributed by atoms with Crippen LogP contribution in [0.1, 0.15) is 25.8 Å². The van der Waals surface area contributed by atoms with Crippen LogP contribution in [0.3, 0.4) is 0 Å². The van der Waals surface area contributed by atoms with Crippen LogP contribution in [0.4, 0.5) is 0 Å². The van der Waals surface area contributed by atoms with Gasteiger partial charge in [0.15, 0.2) is 0 Å². The molecule has 0 radical (unpaired) electrons. The van der Waals surface area contributed by atoms with Crippen LogP contribution in [0.2, 0.25) is 10.0 Å². The Morgan fingerprint density at radius 1 is 1.22 bits per heavy atom. The number of hydrogen-bond acceptors (Lipinski definition) is 4. The minimum atomic E-state index is -0.841. The molecular formula is C28H30Cl3NO4. The van der Waals surface area contributed by atoms with Crippen molar-refractivity contribution in [3.8, 4) is 0 Å². The van der Waals surface area contributed by atoms with Gasteiger partial charge in [-0.15, -0.1) is 11.6 Å². The lowest BCUT2D eigenvalue weighted by Gasteiger charge is -2.28. The van der Waals surface area contributed by atoms with Crippen LogP contribution in [-0.2, 0) is 9.53 Å². The summed E-state index contributed by atoms with van der Waals surface area (Å²) in [6, 6.07) is 5.03. The standard InChI is InChI=1S/C28H30Cl3NO4/c1-16(2)27(33)21(26(32)25-22(29)7-4-8-23(25)30)15-36-20-12-11-18(24(31)14-20)10-9-17-5-3-6-19(13-17)28(34)35/h3-5,7-14,16,18-19,21,24,27,32-33H,6,15H2,1-2H3,(H,34,35)/b10-9+,32-26?. The molecule has 1 aromatic carbocycles. The fourth-order valence-electron chi connectivity index (χ4n) is 4.06. The number of rotatable bonds is 10. The van der Waals surface area contributed by atoms with Gasteiger partial charge in [0.2, 0.25) is 0 Å². The molecule has 2 aliphatic rings. The summed E-state index contributed by atoms with van der Waals surface area (Å²) in [6.45, 7) is 3.80. The third-order valence-electron chi connectivity index (χ3n) is 6.22. The molecule has 0 aliphatic heterocycles. The molecule has 5 nitrogen and oxygen atoms in total. The van der Waals surface area contributed by atoms with Gasteiger partial charge in [0.25, 0.3) is 0 Å². The Morgan fingerprint density at radius 2 is 1.92 bits per heavy atom. The fraction of sp³-hybridized carbons (Fsp3) is 0.357. The second-order valence-corrected chi connectivity index (χ2v) is 10.5. The van der Waals surface area contributed by atoms with Gasteiger partial charge in [-0.25, -0.2) is 0 Å². The van der Waals surface area contributed by atoms with Gasteiger partial charge in [0.1, 0.15) is 5.76 Å². The predicted molar refractivity (Wildman–Crippen MR) is 146 cm³/mol. The number of nitrogens with one attached hydrogen (secondary N) is 1. The largest absolute Gasteiger partial charge is 0.493 e.